The lowest BCUT2D eigenvalue weighted by Crippen LogP contribution is -2.47. The molecule has 26 heavy (non-hydrogen) atoms. The van der Waals surface area contributed by atoms with Crippen LogP contribution in [0.3, 0.4) is 0 Å². The smallest absolute Gasteiger partial charge is 0.193 e. The van der Waals surface area contributed by atoms with Crippen LogP contribution in [0.2, 0.25) is 0 Å². The summed E-state index contributed by atoms with van der Waals surface area (Å²) in [7, 11) is 3.23. The Balaban J connectivity index is 1.80. The number of piperazine rings is 1. The number of benzene rings is 1. The Kier molecular flexibility index (Phi) is 8.00. The molecule has 1 saturated heterocycles. The van der Waals surface area contributed by atoms with Crippen molar-refractivity contribution in [2.75, 3.05) is 65.3 Å². The van der Waals surface area contributed by atoms with Crippen LogP contribution in [-0.4, -0.2) is 75.8 Å². The third-order valence-electron chi connectivity index (χ3n) is 4.71. The molecule has 1 atom stereocenters. The molecule has 146 valence electrons. The van der Waals surface area contributed by atoms with Crippen molar-refractivity contribution in [3.63, 3.8) is 0 Å². The molecule has 1 aliphatic rings. The zero-order valence-corrected chi connectivity index (χ0v) is 16.5. The Morgan fingerprint density at radius 2 is 1.81 bits per heavy atom. The standard InChI is InChI=1S/C19H33N5O2/c1-5-23-8-10-24(11-9-23)14-15(2)13-21-19(20)22-16-6-7-17(25-3)18(12-16)26-4/h6-7,12,15H,5,8-11,13-14H2,1-4H3,(H3,20,21,22). The predicted octanol–water partition coefficient (Wildman–Crippen LogP) is 1.70. The highest BCUT2D eigenvalue weighted by Gasteiger charge is 2.17. The minimum atomic E-state index is 0.417. The Labute approximate surface area is 157 Å². The molecule has 7 heteroatoms. The summed E-state index contributed by atoms with van der Waals surface area (Å²) in [6.07, 6.45) is 0. The van der Waals surface area contributed by atoms with E-state index in [1.807, 2.05) is 18.2 Å². The molecule has 0 aliphatic carbocycles. The number of nitrogens with zero attached hydrogens (tertiary/aromatic N) is 3. The second kappa shape index (κ2) is 10.2. The molecule has 0 bridgehead atoms. The summed E-state index contributed by atoms with van der Waals surface area (Å²) in [5, 5.41) is 3.11. The van der Waals surface area contributed by atoms with Crippen LogP contribution in [0.25, 0.3) is 0 Å². The van der Waals surface area contributed by atoms with E-state index in [1.165, 1.54) is 0 Å². The van der Waals surface area contributed by atoms with Crippen molar-refractivity contribution in [2.45, 2.75) is 13.8 Å². The molecule has 1 unspecified atom stereocenters. The summed E-state index contributed by atoms with van der Waals surface area (Å²) >= 11 is 0. The van der Waals surface area contributed by atoms with Crippen molar-refractivity contribution in [1.29, 1.82) is 0 Å². The fourth-order valence-corrected chi connectivity index (χ4v) is 3.14. The molecular weight excluding hydrogens is 330 g/mol. The number of anilines is 1. The molecule has 0 saturated carbocycles. The Morgan fingerprint density at radius 3 is 2.42 bits per heavy atom. The van der Waals surface area contributed by atoms with Gasteiger partial charge < -0.3 is 30.3 Å². The quantitative estimate of drug-likeness (QED) is 0.541. The average molecular weight is 364 g/mol. The summed E-state index contributed by atoms with van der Waals surface area (Å²) in [5.41, 5.74) is 6.86. The van der Waals surface area contributed by atoms with E-state index in [0.717, 1.165) is 45.0 Å². The summed E-state index contributed by atoms with van der Waals surface area (Å²) < 4.78 is 10.5. The van der Waals surface area contributed by atoms with Gasteiger partial charge in [0.1, 0.15) is 0 Å². The highest BCUT2D eigenvalue weighted by atomic mass is 16.5. The highest BCUT2D eigenvalue weighted by Crippen LogP contribution is 2.29. The second-order valence-corrected chi connectivity index (χ2v) is 6.76. The lowest BCUT2D eigenvalue weighted by atomic mass is 10.1. The van der Waals surface area contributed by atoms with Gasteiger partial charge in [-0.05, 0) is 24.6 Å². The molecule has 1 fully saturated rings. The zero-order chi connectivity index (χ0) is 18.9. The van der Waals surface area contributed by atoms with Crippen molar-refractivity contribution in [3.05, 3.63) is 18.2 Å². The van der Waals surface area contributed by atoms with Crippen molar-refractivity contribution >= 4 is 11.6 Å². The molecule has 7 nitrogen and oxygen atoms in total. The molecular formula is C19H33N5O2. The number of nitrogens with two attached hydrogens (primary N) is 1. The van der Waals surface area contributed by atoms with Gasteiger partial charge in [0.05, 0.1) is 14.2 Å². The summed E-state index contributed by atoms with van der Waals surface area (Å²) in [4.78, 5) is 9.50. The molecule has 0 spiro atoms. The van der Waals surface area contributed by atoms with Gasteiger partial charge in [-0.25, -0.2) is 0 Å². The van der Waals surface area contributed by atoms with E-state index in [9.17, 15) is 0 Å². The maximum absolute atomic E-state index is 6.03. The minimum Gasteiger partial charge on any atom is -0.493 e. The van der Waals surface area contributed by atoms with Gasteiger partial charge in [-0.1, -0.05) is 13.8 Å². The average Bonchev–Trinajstić information content (AvgIpc) is 2.67. The number of rotatable bonds is 8. The van der Waals surface area contributed by atoms with Crippen LogP contribution in [0, 0.1) is 5.92 Å². The lowest BCUT2D eigenvalue weighted by molar-refractivity contribution is 0.125. The Morgan fingerprint density at radius 1 is 1.15 bits per heavy atom. The van der Waals surface area contributed by atoms with Crippen LogP contribution in [-0.2, 0) is 0 Å². The number of hydrogen-bond acceptors (Lipinski definition) is 5. The van der Waals surface area contributed by atoms with Gasteiger partial charge in [0, 0.05) is 51.0 Å². The van der Waals surface area contributed by atoms with Crippen molar-refractivity contribution in [2.24, 2.45) is 16.6 Å². The molecule has 1 aliphatic heterocycles. The van der Waals surface area contributed by atoms with Gasteiger partial charge in [-0.3, -0.25) is 4.99 Å². The number of aliphatic imine (C=N–C) groups is 1. The number of likely N-dealkylation sites (N-methyl/N-ethyl adjacent to an activating group) is 1. The van der Waals surface area contributed by atoms with Gasteiger partial charge in [0.25, 0.3) is 0 Å². The topological polar surface area (TPSA) is 75.4 Å². The summed E-state index contributed by atoms with van der Waals surface area (Å²) in [6, 6.07) is 5.57. The minimum absolute atomic E-state index is 0.417. The molecule has 3 N–H and O–H groups in total. The van der Waals surface area contributed by atoms with Crippen LogP contribution in [0.1, 0.15) is 13.8 Å². The van der Waals surface area contributed by atoms with E-state index in [1.54, 1.807) is 14.2 Å². The van der Waals surface area contributed by atoms with Crippen LogP contribution >= 0.6 is 0 Å². The third kappa shape index (κ3) is 6.07. The maximum Gasteiger partial charge on any atom is 0.193 e. The number of guanidine groups is 1. The molecule has 0 amide bonds. The van der Waals surface area contributed by atoms with Crippen LogP contribution in [0.4, 0.5) is 5.69 Å². The first-order valence-corrected chi connectivity index (χ1v) is 9.29. The zero-order valence-electron chi connectivity index (χ0n) is 16.5. The monoisotopic (exact) mass is 363 g/mol. The van der Waals surface area contributed by atoms with Crippen LogP contribution in [0.5, 0.6) is 11.5 Å². The molecule has 1 heterocycles. The lowest BCUT2D eigenvalue weighted by Gasteiger charge is -2.35. The van der Waals surface area contributed by atoms with Crippen molar-refractivity contribution < 1.29 is 9.47 Å². The van der Waals surface area contributed by atoms with Gasteiger partial charge in [0.2, 0.25) is 0 Å². The summed E-state index contributed by atoms with van der Waals surface area (Å²) in [5.74, 6) is 2.23. The first-order chi connectivity index (χ1) is 12.5. The Bertz CT molecular complexity index is 585. The van der Waals surface area contributed by atoms with Crippen molar-refractivity contribution in [1.82, 2.24) is 9.80 Å². The van der Waals surface area contributed by atoms with Crippen LogP contribution in [0.15, 0.2) is 23.2 Å². The van der Waals surface area contributed by atoms with E-state index in [0.29, 0.717) is 29.9 Å². The van der Waals surface area contributed by atoms with Gasteiger partial charge in [-0.15, -0.1) is 0 Å². The first-order valence-electron chi connectivity index (χ1n) is 9.29. The van der Waals surface area contributed by atoms with E-state index < -0.39 is 0 Å². The second-order valence-electron chi connectivity index (χ2n) is 6.76. The SMILES string of the molecule is CCN1CCN(CC(C)CN=C(N)Nc2ccc(OC)c(OC)c2)CC1. The highest BCUT2D eigenvalue weighted by molar-refractivity contribution is 5.92. The Hall–Kier alpha value is -1.99. The van der Waals surface area contributed by atoms with Gasteiger partial charge >= 0.3 is 0 Å². The molecule has 1 aromatic rings. The fraction of sp³-hybridized carbons (Fsp3) is 0.632. The van der Waals surface area contributed by atoms with E-state index in [2.05, 4.69) is 34.0 Å². The largest absolute Gasteiger partial charge is 0.493 e. The molecule has 0 aromatic heterocycles. The summed E-state index contributed by atoms with van der Waals surface area (Å²) in [6.45, 7) is 12.0. The van der Waals surface area contributed by atoms with E-state index in [-0.39, 0.29) is 0 Å². The number of nitrogens with one attached hydrogen (secondary N) is 1. The molecule has 2 rings (SSSR count). The molecule has 0 radical (unpaired) electrons. The normalized spacial score (nSPS) is 17.8. The molecule has 1 aromatic carbocycles. The first kappa shape index (κ1) is 20.3. The van der Waals surface area contributed by atoms with Gasteiger partial charge in [0.15, 0.2) is 17.5 Å². The van der Waals surface area contributed by atoms with E-state index >= 15 is 0 Å². The third-order valence-corrected chi connectivity index (χ3v) is 4.71. The maximum atomic E-state index is 6.03. The van der Waals surface area contributed by atoms with E-state index in [4.69, 9.17) is 15.2 Å². The number of methoxy groups -OCH3 is 2. The van der Waals surface area contributed by atoms with Crippen molar-refractivity contribution in [3.8, 4) is 11.5 Å². The van der Waals surface area contributed by atoms with Gasteiger partial charge in [-0.2, -0.15) is 0 Å². The number of hydrogen-bond donors (Lipinski definition) is 2. The fourth-order valence-electron chi connectivity index (χ4n) is 3.14. The predicted molar refractivity (Wildman–Crippen MR) is 107 cm³/mol. The number of ether oxygens (including phenoxy) is 2. The van der Waals surface area contributed by atoms with Crippen LogP contribution < -0.4 is 20.5 Å².